The molecular formula is C16H21Cl2N3O2. The summed E-state index contributed by atoms with van der Waals surface area (Å²) in [5, 5.41) is 3.70. The third kappa shape index (κ3) is 5.37. The molecule has 23 heavy (non-hydrogen) atoms. The summed E-state index contributed by atoms with van der Waals surface area (Å²) in [7, 11) is 4.00. The second-order valence-electron chi connectivity index (χ2n) is 6.05. The van der Waals surface area contributed by atoms with Crippen LogP contribution in [0.3, 0.4) is 0 Å². The first-order valence-corrected chi connectivity index (χ1v) is 8.30. The Labute approximate surface area is 146 Å². The second kappa shape index (κ2) is 7.99. The number of benzene rings is 1. The zero-order chi connectivity index (χ0) is 17.0. The number of anilines is 1. The summed E-state index contributed by atoms with van der Waals surface area (Å²) < 4.78 is 0. The van der Waals surface area contributed by atoms with Crippen molar-refractivity contribution in [2.75, 3.05) is 39.0 Å². The van der Waals surface area contributed by atoms with E-state index in [0.717, 1.165) is 13.0 Å². The van der Waals surface area contributed by atoms with Gasteiger partial charge in [-0.05, 0) is 45.3 Å². The van der Waals surface area contributed by atoms with Crippen LogP contribution in [0, 0.1) is 5.92 Å². The molecule has 1 saturated heterocycles. The first kappa shape index (κ1) is 18.0. The quantitative estimate of drug-likeness (QED) is 0.851. The van der Waals surface area contributed by atoms with Crippen molar-refractivity contribution >= 4 is 40.7 Å². The number of amides is 2. The number of likely N-dealkylation sites (tertiary alicyclic amines) is 1. The lowest BCUT2D eigenvalue weighted by Gasteiger charge is -2.18. The summed E-state index contributed by atoms with van der Waals surface area (Å²) in [5.74, 6) is -0.473. The van der Waals surface area contributed by atoms with Crippen LogP contribution in [-0.2, 0) is 9.59 Å². The maximum atomic E-state index is 12.3. The molecule has 5 nitrogen and oxygen atoms in total. The van der Waals surface area contributed by atoms with E-state index in [-0.39, 0.29) is 24.2 Å². The molecule has 0 bridgehead atoms. The molecule has 1 unspecified atom stereocenters. The molecular weight excluding hydrogens is 337 g/mol. The molecule has 126 valence electrons. The van der Waals surface area contributed by atoms with Crippen LogP contribution in [-0.4, -0.2) is 55.3 Å². The number of carbonyl (C=O) groups is 2. The summed E-state index contributed by atoms with van der Waals surface area (Å²) in [6.07, 6.45) is 1.15. The van der Waals surface area contributed by atoms with E-state index in [1.165, 1.54) is 0 Å². The van der Waals surface area contributed by atoms with E-state index in [4.69, 9.17) is 23.2 Å². The van der Waals surface area contributed by atoms with Crippen molar-refractivity contribution in [2.24, 2.45) is 5.92 Å². The van der Waals surface area contributed by atoms with Gasteiger partial charge >= 0.3 is 0 Å². The van der Waals surface area contributed by atoms with Gasteiger partial charge < -0.3 is 15.1 Å². The summed E-state index contributed by atoms with van der Waals surface area (Å²) in [4.78, 5) is 28.2. The summed E-state index contributed by atoms with van der Waals surface area (Å²) in [5.41, 5.74) is 0.547. The summed E-state index contributed by atoms with van der Waals surface area (Å²) >= 11 is 11.8. The summed E-state index contributed by atoms with van der Waals surface area (Å²) in [6.45, 7) is 2.07. The molecule has 0 spiro atoms. The Morgan fingerprint density at radius 1 is 1.30 bits per heavy atom. The molecule has 1 heterocycles. The predicted octanol–water partition coefficient (Wildman–Crippen LogP) is 2.73. The fourth-order valence-electron chi connectivity index (χ4n) is 2.61. The Balaban J connectivity index is 1.89. The van der Waals surface area contributed by atoms with E-state index in [2.05, 4.69) is 10.2 Å². The van der Waals surface area contributed by atoms with Crippen molar-refractivity contribution in [3.8, 4) is 0 Å². The molecule has 1 fully saturated rings. The van der Waals surface area contributed by atoms with Crippen LogP contribution < -0.4 is 5.32 Å². The minimum atomic E-state index is -0.334. The van der Waals surface area contributed by atoms with E-state index < -0.39 is 0 Å². The highest BCUT2D eigenvalue weighted by Gasteiger charge is 2.33. The highest BCUT2D eigenvalue weighted by atomic mass is 35.5. The largest absolute Gasteiger partial charge is 0.342 e. The highest BCUT2D eigenvalue weighted by molar-refractivity contribution is 6.35. The zero-order valence-electron chi connectivity index (χ0n) is 13.3. The Morgan fingerprint density at radius 2 is 1.96 bits per heavy atom. The highest BCUT2D eigenvalue weighted by Crippen LogP contribution is 2.24. The van der Waals surface area contributed by atoms with E-state index in [1.54, 1.807) is 23.1 Å². The molecule has 1 aliphatic heterocycles. The fraction of sp³-hybridized carbons (Fsp3) is 0.500. The number of rotatable bonds is 6. The number of carbonyl (C=O) groups excluding carboxylic acids is 2. The van der Waals surface area contributed by atoms with Crippen LogP contribution in [0.2, 0.25) is 10.0 Å². The lowest BCUT2D eigenvalue weighted by molar-refractivity contribution is -0.128. The van der Waals surface area contributed by atoms with Crippen LogP contribution in [0.25, 0.3) is 0 Å². The van der Waals surface area contributed by atoms with Crippen molar-refractivity contribution in [1.29, 1.82) is 0 Å². The maximum Gasteiger partial charge on any atom is 0.229 e. The Hall–Kier alpha value is -1.30. The smallest absolute Gasteiger partial charge is 0.229 e. The number of halogens is 2. The molecule has 2 amide bonds. The SMILES string of the molecule is CN(C)CCCN1CC(C(=O)Nc2cc(Cl)cc(Cl)c2)CC1=O. The molecule has 1 aromatic carbocycles. The summed E-state index contributed by atoms with van der Waals surface area (Å²) in [6, 6.07) is 4.87. The van der Waals surface area contributed by atoms with Crippen LogP contribution in [0.4, 0.5) is 5.69 Å². The average Bonchev–Trinajstić information content (AvgIpc) is 2.79. The minimum absolute atomic E-state index is 0.0352. The van der Waals surface area contributed by atoms with Crippen molar-refractivity contribution in [3.63, 3.8) is 0 Å². The molecule has 7 heteroatoms. The van der Waals surface area contributed by atoms with E-state index in [9.17, 15) is 9.59 Å². The molecule has 0 radical (unpaired) electrons. The Bertz CT molecular complexity index is 572. The second-order valence-corrected chi connectivity index (χ2v) is 6.92. The number of nitrogens with zero attached hydrogens (tertiary/aromatic N) is 2. The monoisotopic (exact) mass is 357 g/mol. The lowest BCUT2D eigenvalue weighted by Crippen LogP contribution is -2.30. The standard InChI is InChI=1S/C16H21Cl2N3O2/c1-20(2)4-3-5-21-10-11(6-15(21)22)16(23)19-14-8-12(17)7-13(18)9-14/h7-9,11H,3-6,10H2,1-2H3,(H,19,23). The number of hydrogen-bond acceptors (Lipinski definition) is 3. The predicted molar refractivity (Wildman–Crippen MR) is 92.9 cm³/mol. The lowest BCUT2D eigenvalue weighted by atomic mass is 10.1. The van der Waals surface area contributed by atoms with Crippen LogP contribution >= 0.6 is 23.2 Å². The topological polar surface area (TPSA) is 52.6 Å². The van der Waals surface area contributed by atoms with Crippen molar-refractivity contribution < 1.29 is 9.59 Å². The minimum Gasteiger partial charge on any atom is -0.342 e. The van der Waals surface area contributed by atoms with Gasteiger partial charge in [0.05, 0.1) is 5.92 Å². The Morgan fingerprint density at radius 3 is 2.57 bits per heavy atom. The number of hydrogen-bond donors (Lipinski definition) is 1. The van der Waals surface area contributed by atoms with Gasteiger partial charge in [-0.15, -0.1) is 0 Å². The van der Waals surface area contributed by atoms with Gasteiger partial charge in [0.15, 0.2) is 0 Å². The van der Waals surface area contributed by atoms with Gasteiger partial charge in [-0.1, -0.05) is 23.2 Å². The van der Waals surface area contributed by atoms with Gasteiger partial charge in [0, 0.05) is 35.2 Å². The van der Waals surface area contributed by atoms with Crippen LogP contribution in [0.5, 0.6) is 0 Å². The molecule has 2 rings (SSSR count). The van der Waals surface area contributed by atoms with Crippen molar-refractivity contribution in [1.82, 2.24) is 9.80 Å². The molecule has 0 aromatic heterocycles. The first-order chi connectivity index (χ1) is 10.8. The van der Waals surface area contributed by atoms with Gasteiger partial charge in [-0.25, -0.2) is 0 Å². The van der Waals surface area contributed by atoms with E-state index in [0.29, 0.717) is 28.8 Å². The molecule has 0 aliphatic carbocycles. The van der Waals surface area contributed by atoms with Gasteiger partial charge in [0.25, 0.3) is 0 Å². The zero-order valence-corrected chi connectivity index (χ0v) is 14.8. The molecule has 1 aliphatic rings. The van der Waals surface area contributed by atoms with Crippen LogP contribution in [0.1, 0.15) is 12.8 Å². The molecule has 1 atom stereocenters. The average molecular weight is 358 g/mol. The third-order valence-electron chi connectivity index (χ3n) is 3.75. The maximum absolute atomic E-state index is 12.3. The Kier molecular flexibility index (Phi) is 6.27. The third-order valence-corrected chi connectivity index (χ3v) is 4.19. The molecule has 1 N–H and O–H groups in total. The molecule has 0 saturated carbocycles. The number of nitrogens with one attached hydrogen (secondary N) is 1. The van der Waals surface area contributed by atoms with Crippen molar-refractivity contribution in [2.45, 2.75) is 12.8 Å². The van der Waals surface area contributed by atoms with Crippen molar-refractivity contribution in [3.05, 3.63) is 28.2 Å². The molecule has 1 aromatic rings. The van der Waals surface area contributed by atoms with Gasteiger partial charge in [-0.2, -0.15) is 0 Å². The first-order valence-electron chi connectivity index (χ1n) is 7.54. The normalized spacial score (nSPS) is 17.9. The van der Waals surface area contributed by atoms with Crippen LogP contribution in [0.15, 0.2) is 18.2 Å². The van der Waals surface area contributed by atoms with Gasteiger partial charge in [-0.3, -0.25) is 9.59 Å². The fourth-order valence-corrected chi connectivity index (χ4v) is 3.14. The van der Waals surface area contributed by atoms with E-state index >= 15 is 0 Å². The van der Waals surface area contributed by atoms with Gasteiger partial charge in [0.1, 0.15) is 0 Å². The van der Waals surface area contributed by atoms with Gasteiger partial charge in [0.2, 0.25) is 11.8 Å². The van der Waals surface area contributed by atoms with E-state index in [1.807, 2.05) is 14.1 Å².